The van der Waals surface area contributed by atoms with Crippen molar-refractivity contribution < 1.29 is 14.3 Å². The monoisotopic (exact) mass is 397 g/mol. The van der Waals surface area contributed by atoms with Crippen molar-refractivity contribution in [3.63, 3.8) is 0 Å². The van der Waals surface area contributed by atoms with Gasteiger partial charge in [-0.1, -0.05) is 6.07 Å². The second-order valence-electron chi connectivity index (χ2n) is 7.08. The molecule has 8 nitrogen and oxygen atoms in total. The van der Waals surface area contributed by atoms with Gasteiger partial charge in [0, 0.05) is 37.9 Å². The SMILES string of the molecule is CCOC(=O)N1CCN(c2cc(C(=O)Nc3ccc(C)c(C)c3)nc(C)n2)CC1. The van der Waals surface area contributed by atoms with Gasteiger partial charge in [-0.2, -0.15) is 0 Å². The van der Waals surface area contributed by atoms with Crippen LogP contribution in [0.4, 0.5) is 16.3 Å². The molecule has 0 aliphatic carbocycles. The molecule has 0 bridgehead atoms. The number of carbonyl (C=O) groups excluding carboxylic acids is 2. The van der Waals surface area contributed by atoms with Gasteiger partial charge in [0.2, 0.25) is 0 Å². The first-order valence-electron chi connectivity index (χ1n) is 9.78. The maximum atomic E-state index is 12.7. The number of carbonyl (C=O) groups is 2. The highest BCUT2D eigenvalue weighted by Crippen LogP contribution is 2.18. The molecule has 1 fully saturated rings. The molecule has 8 heteroatoms. The Bertz CT molecular complexity index is 907. The van der Waals surface area contributed by atoms with Crippen LogP contribution in [0.15, 0.2) is 24.3 Å². The van der Waals surface area contributed by atoms with Crippen LogP contribution < -0.4 is 10.2 Å². The number of aromatic nitrogens is 2. The van der Waals surface area contributed by atoms with E-state index in [1.807, 2.05) is 32.0 Å². The molecular formula is C21H27N5O3. The topological polar surface area (TPSA) is 87.7 Å². The van der Waals surface area contributed by atoms with Crippen molar-refractivity contribution in [3.8, 4) is 0 Å². The minimum absolute atomic E-state index is 0.273. The maximum Gasteiger partial charge on any atom is 0.409 e. The number of rotatable bonds is 4. The van der Waals surface area contributed by atoms with Gasteiger partial charge in [-0.05, 0) is 51.0 Å². The highest BCUT2D eigenvalue weighted by atomic mass is 16.6. The van der Waals surface area contributed by atoms with E-state index in [4.69, 9.17) is 4.74 Å². The molecule has 154 valence electrons. The Morgan fingerprint density at radius 1 is 1.03 bits per heavy atom. The van der Waals surface area contributed by atoms with Crippen molar-refractivity contribution in [1.29, 1.82) is 0 Å². The summed E-state index contributed by atoms with van der Waals surface area (Å²) in [6.07, 6.45) is -0.292. The van der Waals surface area contributed by atoms with Gasteiger partial charge in [0.1, 0.15) is 17.3 Å². The van der Waals surface area contributed by atoms with Gasteiger partial charge < -0.3 is 19.9 Å². The van der Waals surface area contributed by atoms with E-state index in [9.17, 15) is 9.59 Å². The van der Waals surface area contributed by atoms with Crippen molar-refractivity contribution in [3.05, 3.63) is 46.9 Å². The summed E-state index contributed by atoms with van der Waals surface area (Å²) in [6, 6.07) is 7.49. The van der Waals surface area contributed by atoms with Crippen molar-refractivity contribution in [2.75, 3.05) is 43.0 Å². The third kappa shape index (κ3) is 5.01. The number of benzene rings is 1. The van der Waals surface area contributed by atoms with E-state index in [1.165, 1.54) is 5.56 Å². The van der Waals surface area contributed by atoms with E-state index >= 15 is 0 Å². The summed E-state index contributed by atoms with van der Waals surface area (Å²) in [4.78, 5) is 37.1. The van der Waals surface area contributed by atoms with Crippen LogP contribution in [-0.2, 0) is 4.74 Å². The average Bonchev–Trinajstić information content (AvgIpc) is 2.70. The Morgan fingerprint density at radius 2 is 1.76 bits per heavy atom. The molecular weight excluding hydrogens is 370 g/mol. The fraction of sp³-hybridized carbons (Fsp3) is 0.429. The molecule has 1 aromatic carbocycles. The van der Waals surface area contributed by atoms with Gasteiger partial charge in [-0.3, -0.25) is 4.79 Å². The molecule has 0 saturated carbocycles. The second kappa shape index (κ2) is 8.89. The second-order valence-corrected chi connectivity index (χ2v) is 7.08. The number of amides is 2. The lowest BCUT2D eigenvalue weighted by molar-refractivity contribution is 0.102. The summed E-state index contributed by atoms with van der Waals surface area (Å²) in [7, 11) is 0. The van der Waals surface area contributed by atoms with E-state index in [-0.39, 0.29) is 12.0 Å². The fourth-order valence-electron chi connectivity index (χ4n) is 3.18. The predicted octanol–water partition coefficient (Wildman–Crippen LogP) is 2.93. The van der Waals surface area contributed by atoms with E-state index in [0.29, 0.717) is 50.1 Å². The number of aryl methyl sites for hydroxylation is 3. The largest absolute Gasteiger partial charge is 0.450 e. The van der Waals surface area contributed by atoms with Gasteiger partial charge in [-0.15, -0.1) is 0 Å². The van der Waals surface area contributed by atoms with E-state index in [1.54, 1.807) is 24.8 Å². The molecule has 1 aliphatic heterocycles. The van der Waals surface area contributed by atoms with Crippen LogP contribution >= 0.6 is 0 Å². The number of nitrogens with zero attached hydrogens (tertiary/aromatic N) is 4. The first-order valence-corrected chi connectivity index (χ1v) is 9.78. The summed E-state index contributed by atoms with van der Waals surface area (Å²) in [5, 5.41) is 2.90. The normalized spacial score (nSPS) is 13.9. The zero-order valence-electron chi connectivity index (χ0n) is 17.4. The fourth-order valence-corrected chi connectivity index (χ4v) is 3.18. The highest BCUT2D eigenvalue weighted by molar-refractivity contribution is 6.03. The molecule has 1 N–H and O–H groups in total. The number of piperazine rings is 1. The smallest absolute Gasteiger partial charge is 0.409 e. The molecule has 0 spiro atoms. The molecule has 0 unspecified atom stereocenters. The lowest BCUT2D eigenvalue weighted by Crippen LogP contribution is -2.49. The lowest BCUT2D eigenvalue weighted by Gasteiger charge is -2.34. The maximum absolute atomic E-state index is 12.7. The van der Waals surface area contributed by atoms with E-state index in [0.717, 1.165) is 11.3 Å². The van der Waals surface area contributed by atoms with Gasteiger partial charge in [0.15, 0.2) is 0 Å². The lowest BCUT2D eigenvalue weighted by atomic mass is 10.1. The number of nitrogens with one attached hydrogen (secondary N) is 1. The van der Waals surface area contributed by atoms with Crippen molar-refractivity contribution in [1.82, 2.24) is 14.9 Å². The van der Waals surface area contributed by atoms with Crippen LogP contribution in [0.3, 0.4) is 0 Å². The summed E-state index contributed by atoms with van der Waals surface area (Å²) in [6.45, 7) is 10.3. The third-order valence-electron chi connectivity index (χ3n) is 4.95. The molecule has 0 radical (unpaired) electrons. The zero-order chi connectivity index (χ0) is 21.0. The van der Waals surface area contributed by atoms with E-state index in [2.05, 4.69) is 20.2 Å². The average molecular weight is 397 g/mol. The minimum atomic E-state index is -0.292. The van der Waals surface area contributed by atoms with Gasteiger partial charge in [0.25, 0.3) is 5.91 Å². The van der Waals surface area contributed by atoms with Crippen molar-refractivity contribution >= 4 is 23.5 Å². The standard InChI is InChI=1S/C21H27N5O3/c1-5-29-21(28)26-10-8-25(9-11-26)19-13-18(22-16(4)23-19)20(27)24-17-7-6-14(2)15(3)12-17/h6-7,12-13H,5,8-11H2,1-4H3,(H,24,27). The molecule has 0 atom stereocenters. The summed E-state index contributed by atoms with van der Waals surface area (Å²) < 4.78 is 5.05. The van der Waals surface area contributed by atoms with Crippen molar-refractivity contribution in [2.45, 2.75) is 27.7 Å². The third-order valence-corrected chi connectivity index (χ3v) is 4.95. The van der Waals surface area contributed by atoms with Crippen LogP contribution in [0, 0.1) is 20.8 Å². The molecule has 29 heavy (non-hydrogen) atoms. The first-order chi connectivity index (χ1) is 13.9. The Balaban J connectivity index is 1.70. The molecule has 1 aliphatic rings. The molecule has 1 saturated heterocycles. The minimum Gasteiger partial charge on any atom is -0.450 e. The van der Waals surface area contributed by atoms with Gasteiger partial charge >= 0.3 is 6.09 Å². The Morgan fingerprint density at radius 3 is 2.41 bits per heavy atom. The number of hydrogen-bond donors (Lipinski definition) is 1. The Kier molecular flexibility index (Phi) is 6.31. The van der Waals surface area contributed by atoms with Crippen LogP contribution in [0.5, 0.6) is 0 Å². The zero-order valence-corrected chi connectivity index (χ0v) is 17.4. The van der Waals surface area contributed by atoms with Crippen LogP contribution in [0.2, 0.25) is 0 Å². The number of ether oxygens (including phenoxy) is 1. The van der Waals surface area contributed by atoms with Gasteiger partial charge in [0.05, 0.1) is 6.61 Å². The molecule has 2 amide bonds. The Hall–Kier alpha value is -3.16. The van der Waals surface area contributed by atoms with Crippen molar-refractivity contribution in [2.24, 2.45) is 0 Å². The van der Waals surface area contributed by atoms with Crippen LogP contribution in [0.1, 0.15) is 34.4 Å². The van der Waals surface area contributed by atoms with E-state index < -0.39 is 0 Å². The highest BCUT2D eigenvalue weighted by Gasteiger charge is 2.24. The molecule has 2 heterocycles. The predicted molar refractivity (Wildman–Crippen MR) is 111 cm³/mol. The summed E-state index contributed by atoms with van der Waals surface area (Å²) >= 11 is 0. The van der Waals surface area contributed by atoms with Crippen LogP contribution in [-0.4, -0.2) is 59.7 Å². The first kappa shape index (κ1) is 20.6. The quantitative estimate of drug-likeness (QED) is 0.853. The van der Waals surface area contributed by atoms with Gasteiger partial charge in [-0.25, -0.2) is 14.8 Å². The summed E-state index contributed by atoms with van der Waals surface area (Å²) in [5.74, 6) is 0.942. The van der Waals surface area contributed by atoms with Crippen LogP contribution in [0.25, 0.3) is 0 Å². The molecule has 1 aromatic heterocycles. The summed E-state index contributed by atoms with van der Waals surface area (Å²) in [5.41, 5.74) is 3.34. The number of hydrogen-bond acceptors (Lipinski definition) is 6. The molecule has 2 aromatic rings. The molecule has 3 rings (SSSR count). The Labute approximate surface area is 170 Å². The number of anilines is 2.